The standard InChI is InChI=1S/C16H18O3.2C2H6/c1-4-6-11(5-2)10-19-15-9-13-7-12(13)8-14(15)16(17)18-3;2*1-2/h4-6,8-9,12-13H,1-2,7,10H2,3H3;2*1-2H3/b11-6+;;. The molecule has 0 heterocycles. The van der Waals surface area contributed by atoms with Crippen LogP contribution in [-0.4, -0.2) is 19.7 Å². The highest BCUT2D eigenvalue weighted by Crippen LogP contribution is 2.46. The Hall–Kier alpha value is -2.03. The monoisotopic (exact) mass is 318 g/mol. The van der Waals surface area contributed by atoms with E-state index in [0.717, 1.165) is 12.0 Å². The summed E-state index contributed by atoms with van der Waals surface area (Å²) in [6.45, 7) is 15.7. The van der Waals surface area contributed by atoms with Crippen LogP contribution in [0, 0.1) is 11.8 Å². The van der Waals surface area contributed by atoms with Gasteiger partial charge < -0.3 is 9.47 Å². The number of carbonyl (C=O) groups excluding carboxylic acids is 1. The lowest BCUT2D eigenvalue weighted by molar-refractivity contribution is -0.136. The van der Waals surface area contributed by atoms with Crippen LogP contribution < -0.4 is 0 Å². The second kappa shape index (κ2) is 11.5. The molecule has 2 rings (SSSR count). The molecular weight excluding hydrogens is 288 g/mol. The van der Waals surface area contributed by atoms with Gasteiger partial charge in [-0.3, -0.25) is 0 Å². The minimum absolute atomic E-state index is 0.343. The second-order valence-electron chi connectivity index (χ2n) is 4.64. The maximum Gasteiger partial charge on any atom is 0.341 e. The molecular formula is C20H30O3. The average Bonchev–Trinajstić information content (AvgIpc) is 3.38. The van der Waals surface area contributed by atoms with Gasteiger partial charge >= 0.3 is 5.97 Å². The second-order valence-corrected chi connectivity index (χ2v) is 4.64. The van der Waals surface area contributed by atoms with Gasteiger partial charge in [-0.25, -0.2) is 4.79 Å². The zero-order chi connectivity index (χ0) is 17.8. The van der Waals surface area contributed by atoms with Crippen molar-refractivity contribution in [3.63, 3.8) is 0 Å². The lowest BCUT2D eigenvalue weighted by Gasteiger charge is -2.15. The number of carbonyl (C=O) groups is 1. The van der Waals surface area contributed by atoms with Crippen LogP contribution in [0.4, 0.5) is 0 Å². The molecule has 3 heteroatoms. The number of ether oxygens (including phenoxy) is 2. The van der Waals surface area contributed by atoms with E-state index in [2.05, 4.69) is 13.2 Å². The molecule has 0 aromatic rings. The van der Waals surface area contributed by atoms with Crippen LogP contribution in [0.15, 0.2) is 60.4 Å². The quantitative estimate of drug-likeness (QED) is 0.511. The molecule has 0 amide bonds. The van der Waals surface area contributed by atoms with Crippen LogP contribution >= 0.6 is 0 Å². The van der Waals surface area contributed by atoms with Gasteiger partial charge in [-0.2, -0.15) is 0 Å². The molecule has 0 radical (unpaired) electrons. The number of esters is 1. The molecule has 0 aliphatic heterocycles. The van der Waals surface area contributed by atoms with E-state index in [1.165, 1.54) is 7.11 Å². The van der Waals surface area contributed by atoms with E-state index in [0.29, 0.717) is 29.8 Å². The highest BCUT2D eigenvalue weighted by Gasteiger charge is 2.39. The van der Waals surface area contributed by atoms with E-state index in [1.807, 2.05) is 45.9 Å². The molecule has 0 spiro atoms. The van der Waals surface area contributed by atoms with E-state index < -0.39 is 0 Å². The third-order valence-electron chi connectivity index (χ3n) is 3.30. The molecule has 3 nitrogen and oxygen atoms in total. The molecule has 1 saturated carbocycles. The largest absolute Gasteiger partial charge is 0.488 e. The van der Waals surface area contributed by atoms with Gasteiger partial charge in [0.1, 0.15) is 12.4 Å². The van der Waals surface area contributed by atoms with Crippen molar-refractivity contribution in [2.45, 2.75) is 34.1 Å². The first kappa shape index (κ1) is 21.0. The molecule has 0 N–H and O–H groups in total. The number of methoxy groups -OCH3 is 1. The van der Waals surface area contributed by atoms with E-state index in [4.69, 9.17) is 9.47 Å². The zero-order valence-corrected chi connectivity index (χ0v) is 15.1. The lowest BCUT2D eigenvalue weighted by Crippen LogP contribution is -2.13. The highest BCUT2D eigenvalue weighted by molar-refractivity contribution is 5.93. The third-order valence-corrected chi connectivity index (χ3v) is 3.30. The molecule has 0 aromatic heterocycles. The predicted molar refractivity (Wildman–Crippen MR) is 96.9 cm³/mol. The fraction of sp³-hybridized carbons (Fsp3) is 0.450. The van der Waals surface area contributed by atoms with Crippen molar-refractivity contribution in [2.75, 3.05) is 13.7 Å². The molecule has 2 aliphatic carbocycles. The van der Waals surface area contributed by atoms with Crippen molar-refractivity contribution in [1.82, 2.24) is 0 Å². The number of allylic oxidation sites excluding steroid dienone is 4. The van der Waals surface area contributed by atoms with Gasteiger partial charge in [0.2, 0.25) is 0 Å². The zero-order valence-electron chi connectivity index (χ0n) is 15.1. The normalized spacial score (nSPS) is 20.8. The van der Waals surface area contributed by atoms with Crippen molar-refractivity contribution in [2.24, 2.45) is 11.8 Å². The summed E-state index contributed by atoms with van der Waals surface area (Å²) >= 11 is 0. The number of fused-ring (bicyclic) bond motifs is 1. The van der Waals surface area contributed by atoms with Gasteiger partial charge in [-0.15, -0.1) is 0 Å². The smallest absolute Gasteiger partial charge is 0.341 e. The lowest BCUT2D eigenvalue weighted by atomic mass is 10.1. The fourth-order valence-electron chi connectivity index (χ4n) is 2.09. The summed E-state index contributed by atoms with van der Waals surface area (Å²) in [5.41, 5.74) is 1.45. The van der Waals surface area contributed by atoms with Gasteiger partial charge in [-0.05, 0) is 29.9 Å². The molecule has 1 fully saturated rings. The van der Waals surface area contributed by atoms with E-state index >= 15 is 0 Å². The summed E-state index contributed by atoms with van der Waals surface area (Å²) < 4.78 is 10.5. The Morgan fingerprint density at radius 1 is 1.22 bits per heavy atom. The highest BCUT2D eigenvalue weighted by atomic mass is 16.5. The minimum atomic E-state index is -0.343. The number of hydrogen-bond donors (Lipinski definition) is 0. The topological polar surface area (TPSA) is 35.5 Å². The van der Waals surface area contributed by atoms with Crippen LogP contribution in [0.5, 0.6) is 0 Å². The number of hydrogen-bond acceptors (Lipinski definition) is 3. The fourth-order valence-corrected chi connectivity index (χ4v) is 2.09. The molecule has 2 atom stereocenters. The predicted octanol–water partition coefficient (Wildman–Crippen LogP) is 4.99. The first-order valence-electron chi connectivity index (χ1n) is 8.28. The van der Waals surface area contributed by atoms with E-state index in [1.54, 1.807) is 12.2 Å². The Kier molecular flexibility index (Phi) is 10.5. The third kappa shape index (κ3) is 6.31. The molecule has 2 unspecified atom stereocenters. The van der Waals surface area contributed by atoms with Gasteiger partial charge in [0.15, 0.2) is 0 Å². The van der Waals surface area contributed by atoms with Gasteiger partial charge in [-0.1, -0.05) is 65.2 Å². The Balaban J connectivity index is 0.00000112. The Bertz CT molecular complexity index is 495. The van der Waals surface area contributed by atoms with Gasteiger partial charge in [0, 0.05) is 0 Å². The Morgan fingerprint density at radius 3 is 2.35 bits per heavy atom. The van der Waals surface area contributed by atoms with Gasteiger partial charge in [0.05, 0.1) is 12.7 Å². The van der Waals surface area contributed by atoms with E-state index in [9.17, 15) is 4.79 Å². The summed E-state index contributed by atoms with van der Waals surface area (Å²) in [5, 5.41) is 0. The van der Waals surface area contributed by atoms with Crippen molar-refractivity contribution >= 4 is 5.97 Å². The molecule has 0 bridgehead atoms. The van der Waals surface area contributed by atoms with Crippen LogP contribution in [0.1, 0.15) is 34.1 Å². The van der Waals surface area contributed by atoms with Crippen LogP contribution in [0.3, 0.4) is 0 Å². The average molecular weight is 318 g/mol. The molecule has 23 heavy (non-hydrogen) atoms. The SMILES string of the molecule is C=C/C=C(\C=C)COC1=CC2CC2C=C1C(=O)OC.CC.CC. The maximum absolute atomic E-state index is 11.7. The molecule has 0 aromatic carbocycles. The van der Waals surface area contributed by atoms with Crippen molar-refractivity contribution in [3.8, 4) is 0 Å². The summed E-state index contributed by atoms with van der Waals surface area (Å²) in [6, 6.07) is 0. The van der Waals surface area contributed by atoms with Crippen LogP contribution in [0.25, 0.3) is 0 Å². The van der Waals surface area contributed by atoms with Gasteiger partial charge in [0.25, 0.3) is 0 Å². The molecule has 128 valence electrons. The van der Waals surface area contributed by atoms with Crippen molar-refractivity contribution in [1.29, 1.82) is 0 Å². The summed E-state index contributed by atoms with van der Waals surface area (Å²) in [4.78, 5) is 11.7. The van der Waals surface area contributed by atoms with Crippen LogP contribution in [-0.2, 0) is 14.3 Å². The Labute approximate surface area is 141 Å². The van der Waals surface area contributed by atoms with E-state index in [-0.39, 0.29) is 5.97 Å². The van der Waals surface area contributed by atoms with Crippen molar-refractivity contribution in [3.05, 3.63) is 60.4 Å². The molecule has 2 aliphatic rings. The Morgan fingerprint density at radius 2 is 1.83 bits per heavy atom. The first-order valence-corrected chi connectivity index (χ1v) is 8.28. The minimum Gasteiger partial charge on any atom is -0.488 e. The summed E-state index contributed by atoms with van der Waals surface area (Å²) in [5.74, 6) is 1.26. The number of rotatable bonds is 6. The van der Waals surface area contributed by atoms with Crippen LogP contribution in [0.2, 0.25) is 0 Å². The molecule has 0 saturated heterocycles. The van der Waals surface area contributed by atoms with Crippen molar-refractivity contribution < 1.29 is 14.3 Å². The first-order chi connectivity index (χ1) is 11.2. The maximum atomic E-state index is 11.7. The summed E-state index contributed by atoms with van der Waals surface area (Å²) in [6.07, 6.45) is 10.3. The summed E-state index contributed by atoms with van der Waals surface area (Å²) in [7, 11) is 1.38.